The number of nitrogens with two attached hydrogens (primary N) is 1. The van der Waals surface area contributed by atoms with Crippen molar-refractivity contribution in [1.29, 1.82) is 5.26 Å². The Hall–Kier alpha value is -1.60. The first-order valence-electron chi connectivity index (χ1n) is 4.33. The highest BCUT2D eigenvalue weighted by molar-refractivity contribution is 5.57. The lowest BCUT2D eigenvalue weighted by molar-refractivity contribution is 0.624. The number of rotatable bonds is 3. The molecule has 0 aliphatic carbocycles. The predicted octanol–water partition coefficient (Wildman–Crippen LogP) is 1.46. The maximum atomic E-state index is 13.1. The fraction of sp³-hybridized carbons (Fsp3) is 0.300. The molecule has 3 N–H and O–H groups in total. The van der Waals surface area contributed by atoms with Gasteiger partial charge in [-0.2, -0.15) is 5.26 Å². The second-order valence-electron chi connectivity index (χ2n) is 3.13. The minimum Gasteiger partial charge on any atom is -0.382 e. The average Bonchev–Trinajstić information content (AvgIpc) is 2.14. The molecule has 0 fully saturated rings. The summed E-state index contributed by atoms with van der Waals surface area (Å²) in [5.41, 5.74) is 6.06. The maximum absolute atomic E-state index is 13.1. The molecule has 14 heavy (non-hydrogen) atoms. The Bertz CT molecular complexity index is 355. The van der Waals surface area contributed by atoms with Gasteiger partial charge in [0.1, 0.15) is 17.4 Å². The van der Waals surface area contributed by atoms with Gasteiger partial charge in [0, 0.05) is 12.6 Å². The molecule has 4 heteroatoms. The van der Waals surface area contributed by atoms with Crippen LogP contribution < -0.4 is 11.1 Å². The Kier molecular flexibility index (Phi) is 3.43. The number of hydrogen-bond donors (Lipinski definition) is 2. The van der Waals surface area contributed by atoms with Gasteiger partial charge in [0.05, 0.1) is 5.69 Å². The van der Waals surface area contributed by atoms with Gasteiger partial charge in [-0.3, -0.25) is 0 Å². The van der Waals surface area contributed by atoms with E-state index >= 15 is 0 Å². The van der Waals surface area contributed by atoms with Gasteiger partial charge in [0.2, 0.25) is 0 Å². The Morgan fingerprint density at radius 2 is 2.36 bits per heavy atom. The molecule has 0 saturated heterocycles. The molecular formula is C10H12FN3. The van der Waals surface area contributed by atoms with E-state index in [0.717, 1.165) is 0 Å². The number of halogens is 1. The smallest absolute Gasteiger partial charge is 0.143 e. The van der Waals surface area contributed by atoms with Gasteiger partial charge in [-0.1, -0.05) is 6.07 Å². The molecule has 0 radical (unpaired) electrons. The van der Waals surface area contributed by atoms with E-state index in [1.807, 2.05) is 13.0 Å². The second-order valence-corrected chi connectivity index (χ2v) is 3.13. The molecule has 1 atom stereocenters. The quantitative estimate of drug-likeness (QED) is 0.763. The van der Waals surface area contributed by atoms with E-state index in [1.165, 1.54) is 6.07 Å². The Morgan fingerprint density at radius 1 is 1.64 bits per heavy atom. The zero-order valence-corrected chi connectivity index (χ0v) is 7.92. The van der Waals surface area contributed by atoms with E-state index in [1.54, 1.807) is 12.1 Å². The van der Waals surface area contributed by atoms with Crippen molar-refractivity contribution < 1.29 is 4.39 Å². The van der Waals surface area contributed by atoms with Crippen molar-refractivity contribution in [2.75, 3.05) is 11.9 Å². The molecule has 0 spiro atoms. The van der Waals surface area contributed by atoms with E-state index < -0.39 is 5.82 Å². The Balaban J connectivity index is 2.87. The second kappa shape index (κ2) is 4.58. The van der Waals surface area contributed by atoms with Crippen LogP contribution in [0.1, 0.15) is 12.5 Å². The summed E-state index contributed by atoms with van der Waals surface area (Å²) in [6.45, 7) is 2.34. The van der Waals surface area contributed by atoms with Crippen molar-refractivity contribution in [3.63, 3.8) is 0 Å². The molecule has 1 aromatic carbocycles. The van der Waals surface area contributed by atoms with E-state index in [9.17, 15) is 4.39 Å². The molecule has 0 aromatic heterocycles. The normalized spacial score (nSPS) is 11.9. The van der Waals surface area contributed by atoms with Crippen LogP contribution in [0.2, 0.25) is 0 Å². The SMILES string of the molecule is CC(N)CNc1cccc(F)c1C#N. The average molecular weight is 193 g/mol. The van der Waals surface area contributed by atoms with Crippen LogP contribution in [0, 0.1) is 17.1 Å². The van der Waals surface area contributed by atoms with Crippen molar-refractivity contribution >= 4 is 5.69 Å². The van der Waals surface area contributed by atoms with Crippen LogP contribution in [0.15, 0.2) is 18.2 Å². The third-order valence-corrected chi connectivity index (χ3v) is 1.74. The number of hydrogen-bond acceptors (Lipinski definition) is 3. The number of anilines is 1. The molecule has 0 aliphatic rings. The van der Waals surface area contributed by atoms with Gasteiger partial charge in [-0.25, -0.2) is 4.39 Å². The van der Waals surface area contributed by atoms with Crippen LogP contribution >= 0.6 is 0 Å². The third kappa shape index (κ3) is 2.44. The van der Waals surface area contributed by atoms with Crippen LogP contribution in [0.3, 0.4) is 0 Å². The maximum Gasteiger partial charge on any atom is 0.143 e. The standard InChI is InChI=1S/C10H12FN3/c1-7(13)6-14-10-4-2-3-9(11)8(10)5-12/h2-4,7,14H,6,13H2,1H3. The first kappa shape index (κ1) is 10.5. The van der Waals surface area contributed by atoms with Gasteiger partial charge in [0.25, 0.3) is 0 Å². The molecule has 0 heterocycles. The van der Waals surface area contributed by atoms with Crippen molar-refractivity contribution in [3.8, 4) is 6.07 Å². The highest BCUT2D eigenvalue weighted by Crippen LogP contribution is 2.17. The fourth-order valence-electron chi connectivity index (χ4n) is 1.06. The van der Waals surface area contributed by atoms with Gasteiger partial charge in [-0.05, 0) is 19.1 Å². The zero-order chi connectivity index (χ0) is 10.6. The van der Waals surface area contributed by atoms with E-state index in [4.69, 9.17) is 11.0 Å². The van der Waals surface area contributed by atoms with Gasteiger partial charge < -0.3 is 11.1 Å². The minimum absolute atomic E-state index is 0.0353. The molecule has 74 valence electrons. The summed E-state index contributed by atoms with van der Waals surface area (Å²) in [4.78, 5) is 0. The first-order valence-corrected chi connectivity index (χ1v) is 4.33. The van der Waals surface area contributed by atoms with E-state index in [0.29, 0.717) is 12.2 Å². The topological polar surface area (TPSA) is 61.8 Å². The lowest BCUT2D eigenvalue weighted by Gasteiger charge is -2.10. The number of benzene rings is 1. The molecular weight excluding hydrogens is 181 g/mol. The van der Waals surface area contributed by atoms with Crippen LogP contribution in [-0.4, -0.2) is 12.6 Å². The number of nitrogens with one attached hydrogen (secondary N) is 1. The Morgan fingerprint density at radius 3 is 2.93 bits per heavy atom. The summed E-state index contributed by atoms with van der Waals surface area (Å²) < 4.78 is 13.1. The number of nitrogens with zero attached hydrogens (tertiary/aromatic N) is 1. The van der Waals surface area contributed by atoms with Gasteiger partial charge >= 0.3 is 0 Å². The predicted molar refractivity (Wildman–Crippen MR) is 53.3 cm³/mol. The van der Waals surface area contributed by atoms with Crippen molar-refractivity contribution in [2.24, 2.45) is 5.73 Å². The van der Waals surface area contributed by atoms with Crippen LogP contribution in [0.5, 0.6) is 0 Å². The lowest BCUT2D eigenvalue weighted by atomic mass is 10.2. The molecule has 1 rings (SSSR count). The lowest BCUT2D eigenvalue weighted by Crippen LogP contribution is -2.25. The summed E-state index contributed by atoms with van der Waals surface area (Å²) in [6.07, 6.45) is 0. The zero-order valence-electron chi connectivity index (χ0n) is 7.92. The highest BCUT2D eigenvalue weighted by Gasteiger charge is 2.06. The summed E-state index contributed by atoms with van der Waals surface area (Å²) in [5.74, 6) is -0.512. The van der Waals surface area contributed by atoms with Crippen LogP contribution in [-0.2, 0) is 0 Å². The molecule has 0 bridgehead atoms. The van der Waals surface area contributed by atoms with Crippen molar-refractivity contribution in [3.05, 3.63) is 29.6 Å². The molecule has 0 aliphatic heterocycles. The van der Waals surface area contributed by atoms with E-state index in [2.05, 4.69) is 5.32 Å². The summed E-state index contributed by atoms with van der Waals surface area (Å²) in [7, 11) is 0. The molecule has 0 saturated carbocycles. The number of nitriles is 1. The molecule has 3 nitrogen and oxygen atoms in total. The summed E-state index contributed by atoms with van der Waals surface area (Å²) in [6, 6.07) is 6.24. The van der Waals surface area contributed by atoms with E-state index in [-0.39, 0.29) is 11.6 Å². The largest absolute Gasteiger partial charge is 0.382 e. The third-order valence-electron chi connectivity index (χ3n) is 1.74. The van der Waals surface area contributed by atoms with Crippen LogP contribution in [0.25, 0.3) is 0 Å². The van der Waals surface area contributed by atoms with Gasteiger partial charge in [0.15, 0.2) is 0 Å². The molecule has 1 unspecified atom stereocenters. The Labute approximate surface area is 82.3 Å². The van der Waals surface area contributed by atoms with Crippen molar-refractivity contribution in [2.45, 2.75) is 13.0 Å². The van der Waals surface area contributed by atoms with Crippen LogP contribution in [0.4, 0.5) is 10.1 Å². The monoisotopic (exact) mass is 193 g/mol. The summed E-state index contributed by atoms with van der Waals surface area (Å²) >= 11 is 0. The fourth-order valence-corrected chi connectivity index (χ4v) is 1.06. The first-order chi connectivity index (χ1) is 6.65. The van der Waals surface area contributed by atoms with Crippen molar-refractivity contribution in [1.82, 2.24) is 0 Å². The molecule has 1 aromatic rings. The minimum atomic E-state index is -0.512. The summed E-state index contributed by atoms with van der Waals surface area (Å²) in [5, 5.41) is 11.6. The molecule has 0 amide bonds. The highest BCUT2D eigenvalue weighted by atomic mass is 19.1. The van der Waals surface area contributed by atoms with Gasteiger partial charge in [-0.15, -0.1) is 0 Å².